The highest BCUT2D eigenvalue weighted by molar-refractivity contribution is 7.99. The van der Waals surface area contributed by atoms with Crippen molar-refractivity contribution in [2.45, 2.75) is 11.3 Å². The molecule has 0 bridgehead atoms. The molecular weight excluding hydrogens is 208 g/mol. The van der Waals surface area contributed by atoms with Crippen LogP contribution in [-0.4, -0.2) is 21.8 Å². The quantitative estimate of drug-likeness (QED) is 0.464. The lowest BCUT2D eigenvalue weighted by Crippen LogP contribution is -1.81. The van der Waals surface area contributed by atoms with Crippen molar-refractivity contribution >= 4 is 23.4 Å². The largest absolute Gasteiger partial charge is 0.508 e. The van der Waals surface area contributed by atoms with Gasteiger partial charge in [-0.1, -0.05) is 0 Å². The number of alkyl halides is 1. The molecule has 0 amide bonds. The van der Waals surface area contributed by atoms with Crippen molar-refractivity contribution in [3.05, 3.63) is 18.2 Å². The molecule has 2 nitrogen and oxygen atoms in total. The molecule has 13 heavy (non-hydrogen) atoms. The number of hydrogen-bond donors (Lipinski definition) is 2. The van der Waals surface area contributed by atoms with E-state index in [-0.39, 0.29) is 11.5 Å². The maximum absolute atomic E-state index is 9.38. The minimum atomic E-state index is 0.0826. The van der Waals surface area contributed by atoms with Crippen LogP contribution in [0.5, 0.6) is 11.5 Å². The van der Waals surface area contributed by atoms with E-state index in [0.29, 0.717) is 5.88 Å². The molecule has 0 aliphatic rings. The lowest BCUT2D eigenvalue weighted by Gasteiger charge is -2.03. The van der Waals surface area contributed by atoms with E-state index in [4.69, 9.17) is 16.7 Å². The van der Waals surface area contributed by atoms with Crippen molar-refractivity contribution in [1.82, 2.24) is 0 Å². The summed E-state index contributed by atoms with van der Waals surface area (Å²) in [6.45, 7) is 0. The first-order chi connectivity index (χ1) is 6.24. The van der Waals surface area contributed by atoms with Gasteiger partial charge in [0.25, 0.3) is 0 Å². The number of thioether (sulfide) groups is 1. The minimum Gasteiger partial charge on any atom is -0.508 e. The Labute approximate surface area is 86.5 Å². The van der Waals surface area contributed by atoms with E-state index in [2.05, 4.69) is 0 Å². The van der Waals surface area contributed by atoms with Gasteiger partial charge in [0.15, 0.2) is 0 Å². The monoisotopic (exact) mass is 218 g/mol. The number of hydrogen-bond acceptors (Lipinski definition) is 3. The molecule has 0 unspecified atom stereocenters. The Morgan fingerprint density at radius 1 is 1.31 bits per heavy atom. The smallest absolute Gasteiger partial charge is 0.132 e. The summed E-state index contributed by atoms with van der Waals surface area (Å²) in [5.41, 5.74) is 0. The maximum Gasteiger partial charge on any atom is 0.132 e. The van der Waals surface area contributed by atoms with Crippen molar-refractivity contribution < 1.29 is 10.2 Å². The average Bonchev–Trinajstić information content (AvgIpc) is 2.09. The second-order valence-electron chi connectivity index (χ2n) is 2.54. The highest BCUT2D eigenvalue weighted by Crippen LogP contribution is 2.31. The van der Waals surface area contributed by atoms with Crippen molar-refractivity contribution in [2.24, 2.45) is 0 Å². The molecule has 0 heterocycles. The van der Waals surface area contributed by atoms with Crippen LogP contribution in [0.3, 0.4) is 0 Å². The molecular formula is C9H11ClO2S. The van der Waals surface area contributed by atoms with Crippen LogP contribution in [0.25, 0.3) is 0 Å². The van der Waals surface area contributed by atoms with E-state index in [1.54, 1.807) is 12.1 Å². The highest BCUT2D eigenvalue weighted by atomic mass is 35.5. The van der Waals surface area contributed by atoms with Crippen LogP contribution in [0, 0.1) is 0 Å². The molecule has 0 fully saturated rings. The fourth-order valence-corrected chi connectivity index (χ4v) is 2.04. The number of phenols is 2. The van der Waals surface area contributed by atoms with E-state index >= 15 is 0 Å². The van der Waals surface area contributed by atoms with Crippen LogP contribution in [0.15, 0.2) is 23.1 Å². The minimum absolute atomic E-state index is 0.0826. The molecule has 4 heteroatoms. The van der Waals surface area contributed by atoms with E-state index in [0.717, 1.165) is 17.1 Å². The normalized spacial score (nSPS) is 10.2. The molecule has 0 aromatic heterocycles. The molecule has 0 spiro atoms. The first kappa shape index (κ1) is 10.5. The van der Waals surface area contributed by atoms with Crippen molar-refractivity contribution in [3.8, 4) is 11.5 Å². The summed E-state index contributed by atoms with van der Waals surface area (Å²) in [5.74, 6) is 1.71. The summed E-state index contributed by atoms with van der Waals surface area (Å²) in [7, 11) is 0. The lowest BCUT2D eigenvalue weighted by atomic mass is 10.3. The molecule has 0 saturated carbocycles. The van der Waals surface area contributed by atoms with Crippen LogP contribution in [0.1, 0.15) is 6.42 Å². The van der Waals surface area contributed by atoms with Gasteiger partial charge in [0.1, 0.15) is 11.5 Å². The Bertz CT molecular complexity index is 278. The number of rotatable bonds is 4. The number of phenolic OH excluding ortho intramolecular Hbond substituents is 2. The van der Waals surface area contributed by atoms with Crippen molar-refractivity contribution in [3.63, 3.8) is 0 Å². The third-order valence-corrected chi connectivity index (χ3v) is 2.89. The van der Waals surface area contributed by atoms with Crippen LogP contribution in [0.2, 0.25) is 0 Å². The molecule has 0 aliphatic heterocycles. The standard InChI is InChI=1S/C9H11ClO2S/c10-4-1-5-13-9-3-2-7(11)6-8(9)12/h2-3,6,11-12H,1,4-5H2. The fourth-order valence-electron chi connectivity index (χ4n) is 0.865. The average molecular weight is 219 g/mol. The first-order valence-corrected chi connectivity index (χ1v) is 5.47. The highest BCUT2D eigenvalue weighted by Gasteiger charge is 2.01. The Morgan fingerprint density at radius 2 is 2.08 bits per heavy atom. The zero-order valence-electron chi connectivity index (χ0n) is 7.03. The van der Waals surface area contributed by atoms with Gasteiger partial charge in [0.05, 0.1) is 0 Å². The Balaban J connectivity index is 2.56. The third-order valence-electron chi connectivity index (χ3n) is 1.48. The fraction of sp³-hybridized carbons (Fsp3) is 0.333. The Hall–Kier alpha value is -0.540. The second-order valence-corrected chi connectivity index (χ2v) is 4.06. The zero-order chi connectivity index (χ0) is 9.68. The number of aromatic hydroxyl groups is 2. The van der Waals surface area contributed by atoms with Gasteiger partial charge in [-0.2, -0.15) is 0 Å². The molecule has 0 saturated heterocycles. The van der Waals surface area contributed by atoms with E-state index in [1.807, 2.05) is 0 Å². The predicted octanol–water partition coefficient (Wildman–Crippen LogP) is 2.82. The van der Waals surface area contributed by atoms with Gasteiger partial charge in [-0.15, -0.1) is 23.4 Å². The molecule has 1 aromatic carbocycles. The molecule has 0 aliphatic carbocycles. The van der Waals surface area contributed by atoms with Crippen LogP contribution in [-0.2, 0) is 0 Å². The molecule has 0 atom stereocenters. The first-order valence-electron chi connectivity index (χ1n) is 3.95. The number of benzene rings is 1. The van der Waals surface area contributed by atoms with Gasteiger partial charge in [-0.05, 0) is 24.3 Å². The van der Waals surface area contributed by atoms with Gasteiger partial charge < -0.3 is 10.2 Å². The lowest BCUT2D eigenvalue weighted by molar-refractivity contribution is 0.442. The molecule has 1 aromatic rings. The third kappa shape index (κ3) is 3.36. The van der Waals surface area contributed by atoms with Crippen LogP contribution in [0.4, 0.5) is 0 Å². The van der Waals surface area contributed by atoms with Gasteiger partial charge in [0, 0.05) is 16.8 Å². The topological polar surface area (TPSA) is 40.5 Å². The number of halogens is 1. The summed E-state index contributed by atoms with van der Waals surface area (Å²) < 4.78 is 0. The summed E-state index contributed by atoms with van der Waals surface area (Å²) in [6.07, 6.45) is 0.909. The van der Waals surface area contributed by atoms with Gasteiger partial charge in [-0.3, -0.25) is 0 Å². The van der Waals surface area contributed by atoms with Gasteiger partial charge in [0.2, 0.25) is 0 Å². The predicted molar refractivity (Wildman–Crippen MR) is 55.8 cm³/mol. The van der Waals surface area contributed by atoms with Gasteiger partial charge in [-0.25, -0.2) is 0 Å². The van der Waals surface area contributed by atoms with Crippen molar-refractivity contribution in [1.29, 1.82) is 0 Å². The Kier molecular flexibility index (Phi) is 4.25. The Morgan fingerprint density at radius 3 is 2.69 bits per heavy atom. The van der Waals surface area contributed by atoms with E-state index in [9.17, 15) is 5.11 Å². The molecule has 0 radical (unpaired) electrons. The summed E-state index contributed by atoms with van der Waals surface area (Å²) >= 11 is 7.05. The molecule has 72 valence electrons. The second kappa shape index (κ2) is 5.25. The summed E-state index contributed by atoms with van der Waals surface area (Å²) in [4.78, 5) is 0.780. The molecule has 2 N–H and O–H groups in total. The maximum atomic E-state index is 9.38. The van der Waals surface area contributed by atoms with E-state index in [1.165, 1.54) is 17.8 Å². The zero-order valence-corrected chi connectivity index (χ0v) is 8.61. The van der Waals surface area contributed by atoms with Gasteiger partial charge >= 0.3 is 0 Å². The van der Waals surface area contributed by atoms with Crippen molar-refractivity contribution in [2.75, 3.05) is 11.6 Å². The van der Waals surface area contributed by atoms with Crippen LogP contribution < -0.4 is 0 Å². The SMILES string of the molecule is Oc1ccc(SCCCCl)c(O)c1. The summed E-state index contributed by atoms with van der Waals surface area (Å²) in [6, 6.07) is 4.59. The molecule has 1 rings (SSSR count). The van der Waals surface area contributed by atoms with E-state index < -0.39 is 0 Å². The van der Waals surface area contributed by atoms with Crippen LogP contribution >= 0.6 is 23.4 Å². The summed E-state index contributed by atoms with van der Waals surface area (Å²) in [5, 5.41) is 18.4.